The molecular formula is C12H23NO3. The van der Waals surface area contributed by atoms with Crippen molar-refractivity contribution in [3.05, 3.63) is 0 Å². The van der Waals surface area contributed by atoms with Crippen LogP contribution in [0.4, 0.5) is 4.79 Å². The zero-order valence-corrected chi connectivity index (χ0v) is 10.3. The Labute approximate surface area is 97.3 Å². The molecule has 4 heteroatoms. The van der Waals surface area contributed by atoms with Crippen molar-refractivity contribution in [1.82, 2.24) is 4.90 Å². The summed E-state index contributed by atoms with van der Waals surface area (Å²) in [5.41, 5.74) is -0.542. The van der Waals surface area contributed by atoms with Gasteiger partial charge in [0.05, 0.1) is 11.6 Å². The van der Waals surface area contributed by atoms with Crippen molar-refractivity contribution < 1.29 is 15.0 Å². The maximum absolute atomic E-state index is 11.3. The summed E-state index contributed by atoms with van der Waals surface area (Å²) in [6.07, 6.45) is 3.55. The number of nitrogens with zero attached hydrogens (tertiary/aromatic N) is 1. The van der Waals surface area contributed by atoms with Crippen LogP contribution in [-0.4, -0.2) is 39.4 Å². The predicted octanol–water partition coefficient (Wildman–Crippen LogP) is 2.46. The van der Waals surface area contributed by atoms with E-state index in [1.165, 1.54) is 4.90 Å². The number of carbonyl (C=O) groups is 1. The largest absolute Gasteiger partial charge is 0.465 e. The van der Waals surface area contributed by atoms with Gasteiger partial charge in [-0.2, -0.15) is 0 Å². The number of likely N-dealkylation sites (tertiary alicyclic amines) is 1. The molecular weight excluding hydrogens is 206 g/mol. The predicted molar refractivity (Wildman–Crippen MR) is 62.5 cm³/mol. The highest BCUT2D eigenvalue weighted by Crippen LogP contribution is 2.36. The van der Waals surface area contributed by atoms with Gasteiger partial charge in [0.25, 0.3) is 0 Å². The van der Waals surface area contributed by atoms with Crippen molar-refractivity contribution in [2.45, 2.75) is 64.0 Å². The first-order chi connectivity index (χ1) is 7.58. The molecule has 0 bridgehead atoms. The molecule has 0 aromatic rings. The van der Waals surface area contributed by atoms with Gasteiger partial charge >= 0.3 is 6.09 Å². The molecule has 1 fully saturated rings. The van der Waals surface area contributed by atoms with E-state index in [4.69, 9.17) is 0 Å². The molecule has 1 heterocycles. The average molecular weight is 229 g/mol. The van der Waals surface area contributed by atoms with Gasteiger partial charge in [0, 0.05) is 6.54 Å². The Morgan fingerprint density at radius 2 is 2.19 bits per heavy atom. The maximum atomic E-state index is 11.3. The fourth-order valence-corrected chi connectivity index (χ4v) is 2.79. The summed E-state index contributed by atoms with van der Waals surface area (Å²) in [6, 6.07) is 0. The van der Waals surface area contributed by atoms with Crippen molar-refractivity contribution >= 4 is 6.09 Å². The Morgan fingerprint density at radius 1 is 1.50 bits per heavy atom. The van der Waals surface area contributed by atoms with Gasteiger partial charge in [-0.1, -0.05) is 26.7 Å². The van der Waals surface area contributed by atoms with Crippen molar-refractivity contribution in [3.63, 3.8) is 0 Å². The molecule has 0 saturated carbocycles. The van der Waals surface area contributed by atoms with Crippen molar-refractivity contribution in [3.8, 4) is 0 Å². The average Bonchev–Trinajstić information content (AvgIpc) is 2.27. The monoisotopic (exact) mass is 229 g/mol. The van der Waals surface area contributed by atoms with E-state index >= 15 is 0 Å². The molecule has 94 valence electrons. The summed E-state index contributed by atoms with van der Waals surface area (Å²) in [4.78, 5) is 12.7. The fourth-order valence-electron chi connectivity index (χ4n) is 2.79. The summed E-state index contributed by atoms with van der Waals surface area (Å²) in [5.74, 6) is 0. The Hall–Kier alpha value is -0.770. The second-order valence-electron chi connectivity index (χ2n) is 4.65. The Kier molecular flexibility index (Phi) is 4.59. The van der Waals surface area contributed by atoms with E-state index in [0.29, 0.717) is 13.0 Å². The number of hydrogen-bond acceptors (Lipinski definition) is 2. The summed E-state index contributed by atoms with van der Waals surface area (Å²) in [6.45, 7) is 4.62. The van der Waals surface area contributed by atoms with Crippen LogP contribution >= 0.6 is 0 Å². The molecule has 0 aliphatic carbocycles. The van der Waals surface area contributed by atoms with Gasteiger partial charge in [-0.05, 0) is 25.7 Å². The van der Waals surface area contributed by atoms with Crippen LogP contribution in [0.25, 0.3) is 0 Å². The summed E-state index contributed by atoms with van der Waals surface area (Å²) < 4.78 is 0. The first-order valence-corrected chi connectivity index (χ1v) is 6.27. The maximum Gasteiger partial charge on any atom is 0.407 e. The van der Waals surface area contributed by atoms with E-state index in [9.17, 15) is 15.0 Å². The van der Waals surface area contributed by atoms with Gasteiger partial charge in [0.1, 0.15) is 0 Å². The smallest absolute Gasteiger partial charge is 0.407 e. The van der Waals surface area contributed by atoms with Gasteiger partial charge in [0.15, 0.2) is 0 Å². The highest BCUT2D eigenvalue weighted by Gasteiger charge is 2.45. The van der Waals surface area contributed by atoms with E-state index in [2.05, 4.69) is 6.92 Å². The molecule has 1 saturated heterocycles. The quantitative estimate of drug-likeness (QED) is 0.778. The normalized spacial score (nSPS) is 30.4. The Morgan fingerprint density at radius 3 is 2.69 bits per heavy atom. The standard InChI is InChI=1S/C12H23NO3/c1-3-5-8-12(4-2)10(14)7-6-9-13(12)11(15)16/h10,14H,3-9H2,1-2H3,(H,15,16). The Bertz CT molecular complexity index is 244. The van der Waals surface area contributed by atoms with Gasteiger partial charge in [0.2, 0.25) is 0 Å². The minimum atomic E-state index is -0.892. The second-order valence-corrected chi connectivity index (χ2v) is 4.65. The van der Waals surface area contributed by atoms with Gasteiger partial charge in [-0.25, -0.2) is 4.79 Å². The van der Waals surface area contributed by atoms with E-state index in [1.807, 2.05) is 6.92 Å². The van der Waals surface area contributed by atoms with Gasteiger partial charge in [-0.15, -0.1) is 0 Å². The number of aliphatic hydroxyl groups is 1. The molecule has 0 aromatic heterocycles. The molecule has 16 heavy (non-hydrogen) atoms. The third-order valence-corrected chi connectivity index (χ3v) is 3.82. The van der Waals surface area contributed by atoms with Crippen LogP contribution in [0.3, 0.4) is 0 Å². The van der Waals surface area contributed by atoms with E-state index < -0.39 is 17.7 Å². The lowest BCUT2D eigenvalue weighted by Gasteiger charge is -2.48. The van der Waals surface area contributed by atoms with Crippen LogP contribution in [0, 0.1) is 0 Å². The summed E-state index contributed by atoms with van der Waals surface area (Å²) in [5, 5.41) is 19.4. The van der Waals surface area contributed by atoms with Crippen LogP contribution in [-0.2, 0) is 0 Å². The second kappa shape index (κ2) is 5.53. The third kappa shape index (κ3) is 2.32. The highest BCUT2D eigenvalue weighted by molar-refractivity contribution is 5.66. The van der Waals surface area contributed by atoms with Crippen molar-refractivity contribution in [2.75, 3.05) is 6.54 Å². The highest BCUT2D eigenvalue weighted by atomic mass is 16.4. The fraction of sp³-hybridized carbons (Fsp3) is 0.917. The van der Waals surface area contributed by atoms with Crippen LogP contribution in [0.2, 0.25) is 0 Å². The van der Waals surface area contributed by atoms with Crippen LogP contribution in [0.5, 0.6) is 0 Å². The molecule has 4 nitrogen and oxygen atoms in total. The minimum absolute atomic E-state index is 0.506. The first-order valence-electron chi connectivity index (χ1n) is 6.27. The topological polar surface area (TPSA) is 60.8 Å². The zero-order chi connectivity index (χ0) is 12.2. The number of aliphatic hydroxyl groups excluding tert-OH is 1. The number of unbranched alkanes of at least 4 members (excludes halogenated alkanes) is 1. The van der Waals surface area contributed by atoms with E-state index in [0.717, 1.165) is 32.1 Å². The molecule has 1 rings (SSSR count). The molecule has 1 aliphatic heterocycles. The third-order valence-electron chi connectivity index (χ3n) is 3.82. The van der Waals surface area contributed by atoms with Crippen molar-refractivity contribution in [1.29, 1.82) is 0 Å². The summed E-state index contributed by atoms with van der Waals surface area (Å²) >= 11 is 0. The van der Waals surface area contributed by atoms with Crippen molar-refractivity contribution in [2.24, 2.45) is 0 Å². The number of hydrogen-bond donors (Lipinski definition) is 2. The molecule has 1 amide bonds. The number of piperidine rings is 1. The number of amides is 1. The lowest BCUT2D eigenvalue weighted by atomic mass is 9.78. The molecule has 2 unspecified atom stereocenters. The lowest BCUT2D eigenvalue weighted by molar-refractivity contribution is -0.0603. The molecule has 0 aromatic carbocycles. The molecule has 0 radical (unpaired) electrons. The molecule has 2 atom stereocenters. The van der Waals surface area contributed by atoms with E-state index in [-0.39, 0.29) is 0 Å². The Balaban J connectivity index is 2.90. The van der Waals surface area contributed by atoms with Crippen LogP contribution in [0.1, 0.15) is 52.4 Å². The zero-order valence-electron chi connectivity index (χ0n) is 10.3. The molecule has 1 aliphatic rings. The summed E-state index contributed by atoms with van der Waals surface area (Å²) in [7, 11) is 0. The first kappa shape index (κ1) is 13.3. The van der Waals surface area contributed by atoms with Crippen LogP contribution in [0.15, 0.2) is 0 Å². The molecule has 0 spiro atoms. The number of rotatable bonds is 4. The lowest BCUT2D eigenvalue weighted by Crippen LogP contribution is -2.61. The van der Waals surface area contributed by atoms with Gasteiger partial charge < -0.3 is 15.1 Å². The minimum Gasteiger partial charge on any atom is -0.465 e. The van der Waals surface area contributed by atoms with Gasteiger partial charge in [-0.3, -0.25) is 0 Å². The van der Waals surface area contributed by atoms with E-state index in [1.54, 1.807) is 0 Å². The molecule has 2 N–H and O–H groups in total. The van der Waals surface area contributed by atoms with Crippen LogP contribution < -0.4 is 0 Å². The SMILES string of the molecule is CCCCC1(CC)C(O)CCCN1C(=O)O. The number of carboxylic acid groups (broad SMARTS) is 1.